The molecule has 2 atom stereocenters. The lowest BCUT2D eigenvalue weighted by Gasteiger charge is -2.02. The van der Waals surface area contributed by atoms with Crippen LogP contribution in [0.2, 0.25) is 0 Å². The Morgan fingerprint density at radius 3 is 2.75 bits per heavy atom. The molecule has 0 bridgehead atoms. The normalized spacial score (nSPS) is 38.2. The number of nitrogens with one attached hydrogen (secondary N) is 1. The lowest BCUT2D eigenvalue weighted by atomic mass is 10.2. The largest absolute Gasteiger partial charge is 0.311 e. The third-order valence-corrected chi connectivity index (χ3v) is 1.66. The van der Waals surface area contributed by atoms with Gasteiger partial charge in [-0.25, -0.2) is 4.39 Å². The van der Waals surface area contributed by atoms with Gasteiger partial charge in [0.05, 0.1) is 0 Å². The van der Waals surface area contributed by atoms with E-state index in [1.54, 1.807) is 0 Å². The highest BCUT2D eigenvalue weighted by Gasteiger charge is 2.20. The Labute approximate surface area is 49.3 Å². The molecule has 0 aromatic carbocycles. The van der Waals surface area contributed by atoms with Gasteiger partial charge < -0.3 is 5.32 Å². The van der Waals surface area contributed by atoms with E-state index in [0.29, 0.717) is 12.6 Å². The van der Waals surface area contributed by atoms with Gasteiger partial charge >= 0.3 is 0 Å². The zero-order chi connectivity index (χ0) is 5.98. The van der Waals surface area contributed by atoms with Crippen LogP contribution in [0.3, 0.4) is 0 Å². The second kappa shape index (κ2) is 2.44. The molecule has 8 heavy (non-hydrogen) atoms. The molecule has 1 aliphatic rings. The highest BCUT2D eigenvalue weighted by molar-refractivity contribution is 4.79. The lowest BCUT2D eigenvalue weighted by molar-refractivity contribution is 0.354. The molecule has 0 spiro atoms. The number of alkyl halides is 1. The van der Waals surface area contributed by atoms with Crippen molar-refractivity contribution in [1.82, 2.24) is 5.32 Å². The van der Waals surface area contributed by atoms with E-state index >= 15 is 0 Å². The van der Waals surface area contributed by atoms with Crippen molar-refractivity contribution in [3.8, 4) is 0 Å². The monoisotopic (exact) mass is 117 g/mol. The fraction of sp³-hybridized carbons (Fsp3) is 1.00. The van der Waals surface area contributed by atoms with Crippen molar-refractivity contribution >= 4 is 0 Å². The molecule has 48 valence electrons. The van der Waals surface area contributed by atoms with Crippen LogP contribution in [0.25, 0.3) is 0 Å². The number of rotatable bonds is 1. The molecule has 0 aromatic heterocycles. The van der Waals surface area contributed by atoms with Crippen LogP contribution in [-0.2, 0) is 0 Å². The van der Waals surface area contributed by atoms with Gasteiger partial charge in [0.1, 0.15) is 6.17 Å². The van der Waals surface area contributed by atoms with Gasteiger partial charge in [0, 0.05) is 12.6 Å². The third-order valence-electron chi connectivity index (χ3n) is 1.66. The topological polar surface area (TPSA) is 12.0 Å². The maximum atomic E-state index is 12.3. The summed E-state index contributed by atoms with van der Waals surface area (Å²) in [4.78, 5) is 0. The Kier molecular flexibility index (Phi) is 1.84. The minimum absolute atomic E-state index is 0.449. The standard InChI is InChI=1S/C6H12FN/c1-2-6-3-5(7)4-8-6/h5-6,8H,2-4H2,1H3/t5-,6?/m0/s1. The second-order valence-electron chi connectivity index (χ2n) is 2.35. The van der Waals surface area contributed by atoms with Gasteiger partial charge in [-0.15, -0.1) is 0 Å². The fourth-order valence-corrected chi connectivity index (χ4v) is 1.08. The predicted molar refractivity (Wildman–Crippen MR) is 31.6 cm³/mol. The molecule has 0 amide bonds. The molecular formula is C6H12FN. The van der Waals surface area contributed by atoms with Crippen LogP contribution in [0.15, 0.2) is 0 Å². The SMILES string of the molecule is CCC1C[C@H](F)CN1. The van der Waals surface area contributed by atoms with Gasteiger partial charge in [0.15, 0.2) is 0 Å². The first-order valence-electron chi connectivity index (χ1n) is 3.20. The summed E-state index contributed by atoms with van der Waals surface area (Å²) in [5, 5.41) is 3.08. The summed E-state index contributed by atoms with van der Waals surface area (Å²) in [6, 6.07) is 0.449. The van der Waals surface area contributed by atoms with Crippen molar-refractivity contribution in [3.05, 3.63) is 0 Å². The van der Waals surface area contributed by atoms with Crippen LogP contribution < -0.4 is 5.32 Å². The van der Waals surface area contributed by atoms with Crippen molar-refractivity contribution in [1.29, 1.82) is 0 Å². The molecule has 1 N–H and O–H groups in total. The molecule has 1 aliphatic heterocycles. The van der Waals surface area contributed by atoms with Gasteiger partial charge in [-0.1, -0.05) is 6.92 Å². The van der Waals surface area contributed by atoms with Crippen molar-refractivity contribution < 1.29 is 4.39 Å². The summed E-state index contributed by atoms with van der Waals surface area (Å²) in [6.07, 6.45) is 1.19. The summed E-state index contributed by atoms with van der Waals surface area (Å²) in [5.74, 6) is 0. The lowest BCUT2D eigenvalue weighted by Crippen LogP contribution is -2.19. The van der Waals surface area contributed by atoms with Crippen LogP contribution in [0.4, 0.5) is 4.39 Å². The maximum Gasteiger partial charge on any atom is 0.114 e. The van der Waals surface area contributed by atoms with E-state index in [1.807, 2.05) is 0 Å². The van der Waals surface area contributed by atoms with E-state index in [2.05, 4.69) is 12.2 Å². The van der Waals surface area contributed by atoms with Crippen LogP contribution in [0.1, 0.15) is 19.8 Å². The smallest absolute Gasteiger partial charge is 0.114 e. The van der Waals surface area contributed by atoms with Crippen LogP contribution in [-0.4, -0.2) is 18.8 Å². The van der Waals surface area contributed by atoms with E-state index in [9.17, 15) is 4.39 Å². The van der Waals surface area contributed by atoms with E-state index in [4.69, 9.17) is 0 Å². The summed E-state index contributed by atoms with van der Waals surface area (Å²) >= 11 is 0. The van der Waals surface area contributed by atoms with Crippen molar-refractivity contribution in [2.45, 2.75) is 32.0 Å². The van der Waals surface area contributed by atoms with Gasteiger partial charge in [0.2, 0.25) is 0 Å². The van der Waals surface area contributed by atoms with E-state index in [1.165, 1.54) is 0 Å². The first-order chi connectivity index (χ1) is 3.83. The number of hydrogen-bond acceptors (Lipinski definition) is 1. The molecule has 1 heterocycles. The summed E-state index contributed by atoms with van der Waals surface area (Å²) in [6.45, 7) is 2.65. The molecule has 0 saturated carbocycles. The van der Waals surface area contributed by atoms with E-state index < -0.39 is 6.17 Å². The van der Waals surface area contributed by atoms with Gasteiger partial charge in [-0.3, -0.25) is 0 Å². The Balaban J connectivity index is 2.22. The maximum absolute atomic E-state index is 12.3. The minimum atomic E-state index is -0.583. The first kappa shape index (κ1) is 6.02. The average molecular weight is 117 g/mol. The first-order valence-corrected chi connectivity index (χ1v) is 3.20. The highest BCUT2D eigenvalue weighted by atomic mass is 19.1. The molecule has 1 saturated heterocycles. The van der Waals surface area contributed by atoms with Crippen LogP contribution in [0.5, 0.6) is 0 Å². The molecule has 1 nitrogen and oxygen atoms in total. The summed E-state index contributed by atoms with van der Waals surface area (Å²) in [5.41, 5.74) is 0. The second-order valence-corrected chi connectivity index (χ2v) is 2.35. The van der Waals surface area contributed by atoms with E-state index in [-0.39, 0.29) is 0 Å². The molecule has 2 heteroatoms. The third kappa shape index (κ3) is 1.19. The molecule has 0 aliphatic carbocycles. The molecule has 1 unspecified atom stereocenters. The van der Waals surface area contributed by atoms with Crippen molar-refractivity contribution in [2.24, 2.45) is 0 Å². The van der Waals surface area contributed by atoms with E-state index in [0.717, 1.165) is 12.8 Å². The van der Waals surface area contributed by atoms with Crippen LogP contribution >= 0.6 is 0 Å². The average Bonchev–Trinajstić information content (AvgIpc) is 2.14. The summed E-state index contributed by atoms with van der Waals surface area (Å²) in [7, 11) is 0. The molecule has 0 radical (unpaired) electrons. The van der Waals surface area contributed by atoms with Gasteiger partial charge in [0.25, 0.3) is 0 Å². The Bertz CT molecular complexity index is 74.9. The fourth-order valence-electron chi connectivity index (χ4n) is 1.08. The zero-order valence-electron chi connectivity index (χ0n) is 5.15. The zero-order valence-corrected chi connectivity index (χ0v) is 5.15. The molecular weight excluding hydrogens is 105 g/mol. The summed E-state index contributed by atoms with van der Waals surface area (Å²) < 4.78 is 12.3. The Morgan fingerprint density at radius 2 is 2.50 bits per heavy atom. The Morgan fingerprint density at radius 1 is 1.75 bits per heavy atom. The van der Waals surface area contributed by atoms with Crippen molar-refractivity contribution in [3.63, 3.8) is 0 Å². The van der Waals surface area contributed by atoms with Crippen LogP contribution in [0, 0.1) is 0 Å². The number of hydrogen-bond donors (Lipinski definition) is 1. The molecule has 1 rings (SSSR count). The van der Waals surface area contributed by atoms with Gasteiger partial charge in [-0.2, -0.15) is 0 Å². The quantitative estimate of drug-likeness (QED) is 0.542. The van der Waals surface area contributed by atoms with Crippen molar-refractivity contribution in [2.75, 3.05) is 6.54 Å². The minimum Gasteiger partial charge on any atom is -0.311 e. The Hall–Kier alpha value is -0.110. The number of halogens is 1. The molecule has 0 aromatic rings. The highest BCUT2D eigenvalue weighted by Crippen LogP contribution is 2.11. The van der Waals surface area contributed by atoms with Gasteiger partial charge in [-0.05, 0) is 12.8 Å². The molecule has 1 fully saturated rings. The predicted octanol–water partition coefficient (Wildman–Crippen LogP) is 1.10.